The van der Waals surface area contributed by atoms with Gasteiger partial charge >= 0.3 is 11.8 Å². The maximum atomic E-state index is 13.0. The van der Waals surface area contributed by atoms with Crippen LogP contribution in [0.4, 0.5) is 5.69 Å². The lowest BCUT2D eigenvalue weighted by molar-refractivity contribution is -0.144. The number of carbonyl (C=O) groups excluding carboxylic acids is 3. The molecule has 1 aliphatic rings. The van der Waals surface area contributed by atoms with E-state index in [9.17, 15) is 14.4 Å². The second-order valence-electron chi connectivity index (χ2n) is 8.83. The van der Waals surface area contributed by atoms with Crippen molar-refractivity contribution in [2.24, 2.45) is 0 Å². The molecule has 0 atom stereocenters. The summed E-state index contributed by atoms with van der Waals surface area (Å²) in [7, 11) is 0. The van der Waals surface area contributed by atoms with Crippen LogP contribution in [0, 0.1) is 13.8 Å². The van der Waals surface area contributed by atoms with E-state index in [1.807, 2.05) is 44.2 Å². The molecule has 3 amide bonds. The second kappa shape index (κ2) is 11.9. The number of anilines is 1. The topological polar surface area (TPSA) is 79.0 Å². The molecule has 0 aliphatic carbocycles. The van der Waals surface area contributed by atoms with Crippen molar-refractivity contribution < 1.29 is 19.1 Å². The number of ether oxygens (including phenoxy) is 1. The van der Waals surface area contributed by atoms with E-state index >= 15 is 0 Å². The molecule has 0 radical (unpaired) electrons. The van der Waals surface area contributed by atoms with E-state index in [0.717, 1.165) is 25.6 Å². The van der Waals surface area contributed by atoms with Crippen LogP contribution < -0.4 is 10.1 Å². The molecule has 1 heterocycles. The highest BCUT2D eigenvalue weighted by atomic mass is 79.9. The van der Waals surface area contributed by atoms with Crippen LogP contribution in [0.1, 0.15) is 27.0 Å². The number of hydrogen-bond acceptors (Lipinski definition) is 4. The number of amides is 3. The predicted octanol–water partition coefficient (Wildman–Crippen LogP) is 5.33. The fourth-order valence-corrected chi connectivity index (χ4v) is 5.07. The molecule has 3 aromatic carbocycles. The number of carbonyl (C=O) groups is 3. The summed E-state index contributed by atoms with van der Waals surface area (Å²) in [5.74, 6) is -0.745. The lowest BCUT2D eigenvalue weighted by atomic mass is 10.1. The van der Waals surface area contributed by atoms with Crippen LogP contribution in [0.3, 0.4) is 0 Å². The molecule has 0 spiro atoms. The van der Waals surface area contributed by atoms with Gasteiger partial charge in [-0.2, -0.15) is 0 Å². The first kappa shape index (κ1) is 26.9. The molecule has 37 heavy (non-hydrogen) atoms. The van der Waals surface area contributed by atoms with Gasteiger partial charge in [0.05, 0.1) is 5.69 Å². The monoisotopic (exact) mass is 627 g/mol. The molecule has 0 aromatic heterocycles. The highest BCUT2D eigenvalue weighted by Crippen LogP contribution is 2.34. The molecule has 1 N–H and O–H groups in total. The van der Waals surface area contributed by atoms with E-state index < -0.39 is 11.8 Å². The molecule has 1 fully saturated rings. The summed E-state index contributed by atoms with van der Waals surface area (Å²) >= 11 is 7.01. The zero-order chi connectivity index (χ0) is 26.5. The summed E-state index contributed by atoms with van der Waals surface area (Å²) in [6.07, 6.45) is 0. The number of nitrogens with zero attached hydrogens (tertiary/aromatic N) is 2. The lowest BCUT2D eigenvalue weighted by Gasteiger charge is -2.34. The first-order chi connectivity index (χ1) is 17.7. The van der Waals surface area contributed by atoms with E-state index in [1.54, 1.807) is 35.2 Å². The molecular formula is C28H27Br2N3O4. The Morgan fingerprint density at radius 2 is 1.49 bits per heavy atom. The zero-order valence-electron chi connectivity index (χ0n) is 20.6. The van der Waals surface area contributed by atoms with E-state index in [4.69, 9.17) is 4.74 Å². The quantitative estimate of drug-likeness (QED) is 0.388. The van der Waals surface area contributed by atoms with Gasteiger partial charge in [0.25, 0.3) is 5.91 Å². The van der Waals surface area contributed by atoms with Crippen LogP contribution in [0.5, 0.6) is 5.75 Å². The number of rotatable bonds is 5. The van der Waals surface area contributed by atoms with Crippen LogP contribution in [0.15, 0.2) is 69.6 Å². The third-order valence-electron chi connectivity index (χ3n) is 6.25. The van der Waals surface area contributed by atoms with E-state index in [2.05, 4.69) is 37.2 Å². The van der Waals surface area contributed by atoms with Gasteiger partial charge in [-0.15, -0.1) is 0 Å². The highest BCUT2D eigenvalue weighted by Gasteiger charge is 2.29. The lowest BCUT2D eigenvalue weighted by Crippen LogP contribution is -2.53. The molecule has 192 valence electrons. The van der Waals surface area contributed by atoms with Gasteiger partial charge < -0.3 is 19.9 Å². The van der Waals surface area contributed by atoms with Gasteiger partial charge in [0.2, 0.25) is 0 Å². The Morgan fingerprint density at radius 1 is 0.865 bits per heavy atom. The fourth-order valence-electron chi connectivity index (χ4n) is 4.08. The minimum atomic E-state index is -0.701. The predicted molar refractivity (Wildman–Crippen MR) is 150 cm³/mol. The molecular weight excluding hydrogens is 602 g/mol. The van der Waals surface area contributed by atoms with Crippen LogP contribution in [0.25, 0.3) is 0 Å². The third-order valence-corrected chi connectivity index (χ3v) is 8.49. The minimum absolute atomic E-state index is 0.115. The standard InChI is InChI=1S/C28H27Br2N3O4/c1-18-16-23(25(30)19(2)24(18)29)31-26(34)28(36)33-14-12-32(13-15-33)27(35)21-8-10-22(11-9-21)37-17-20-6-4-3-5-7-20/h3-11,16H,12-15,17H2,1-2H3,(H,31,34). The molecule has 0 saturated carbocycles. The number of piperazine rings is 1. The van der Waals surface area contributed by atoms with Crippen molar-refractivity contribution in [3.63, 3.8) is 0 Å². The molecule has 3 aromatic rings. The smallest absolute Gasteiger partial charge is 0.313 e. The van der Waals surface area contributed by atoms with Gasteiger partial charge in [0.15, 0.2) is 0 Å². The molecule has 1 aliphatic heterocycles. The Labute approximate surface area is 233 Å². The van der Waals surface area contributed by atoms with Gasteiger partial charge in [-0.05, 0) is 76.8 Å². The average molecular weight is 629 g/mol. The minimum Gasteiger partial charge on any atom is -0.489 e. The van der Waals surface area contributed by atoms with Crippen molar-refractivity contribution in [2.75, 3.05) is 31.5 Å². The van der Waals surface area contributed by atoms with E-state index in [0.29, 0.717) is 36.7 Å². The van der Waals surface area contributed by atoms with Crippen LogP contribution in [-0.2, 0) is 16.2 Å². The molecule has 9 heteroatoms. The first-order valence-electron chi connectivity index (χ1n) is 11.9. The van der Waals surface area contributed by atoms with Gasteiger partial charge in [-0.3, -0.25) is 14.4 Å². The summed E-state index contributed by atoms with van der Waals surface area (Å²) < 4.78 is 7.46. The number of benzene rings is 3. The van der Waals surface area contributed by atoms with Gasteiger partial charge in [0.1, 0.15) is 12.4 Å². The zero-order valence-corrected chi connectivity index (χ0v) is 23.8. The number of hydrogen-bond donors (Lipinski definition) is 1. The van der Waals surface area contributed by atoms with Crippen molar-refractivity contribution >= 4 is 55.3 Å². The normalized spacial score (nSPS) is 13.3. The van der Waals surface area contributed by atoms with Crippen molar-refractivity contribution in [1.29, 1.82) is 0 Å². The van der Waals surface area contributed by atoms with Gasteiger partial charge in [0, 0.05) is 40.7 Å². The summed E-state index contributed by atoms with van der Waals surface area (Å²) in [6, 6.07) is 18.7. The maximum absolute atomic E-state index is 13.0. The molecule has 0 unspecified atom stereocenters. The van der Waals surface area contributed by atoms with Crippen LogP contribution in [-0.4, -0.2) is 53.7 Å². The van der Waals surface area contributed by atoms with E-state index in [-0.39, 0.29) is 19.0 Å². The first-order valence-corrected chi connectivity index (χ1v) is 13.4. The Hall–Kier alpha value is -3.17. The van der Waals surface area contributed by atoms with Gasteiger partial charge in [-0.1, -0.05) is 46.3 Å². The van der Waals surface area contributed by atoms with Crippen molar-refractivity contribution in [2.45, 2.75) is 20.5 Å². The third kappa shape index (κ3) is 6.40. The second-order valence-corrected chi connectivity index (χ2v) is 10.4. The SMILES string of the molecule is Cc1cc(NC(=O)C(=O)N2CCN(C(=O)c3ccc(OCc4ccccc4)cc3)CC2)c(Br)c(C)c1Br. The number of nitrogens with one attached hydrogen (secondary N) is 1. The highest BCUT2D eigenvalue weighted by molar-refractivity contribution is 9.11. The van der Waals surface area contributed by atoms with Crippen molar-refractivity contribution in [3.05, 3.63) is 91.9 Å². The number of aryl methyl sites for hydroxylation is 1. The van der Waals surface area contributed by atoms with Crippen LogP contribution in [0.2, 0.25) is 0 Å². The Morgan fingerprint density at radius 3 is 2.14 bits per heavy atom. The Balaban J connectivity index is 1.29. The van der Waals surface area contributed by atoms with Crippen molar-refractivity contribution in [3.8, 4) is 5.75 Å². The summed E-state index contributed by atoms with van der Waals surface area (Å²) in [5, 5.41) is 2.71. The molecule has 1 saturated heterocycles. The number of halogens is 2. The summed E-state index contributed by atoms with van der Waals surface area (Å²) in [5.41, 5.74) is 4.05. The van der Waals surface area contributed by atoms with E-state index in [1.165, 1.54) is 4.90 Å². The Kier molecular flexibility index (Phi) is 8.66. The molecule has 0 bridgehead atoms. The maximum Gasteiger partial charge on any atom is 0.313 e. The van der Waals surface area contributed by atoms with Crippen LogP contribution >= 0.6 is 31.9 Å². The summed E-state index contributed by atoms with van der Waals surface area (Å²) in [4.78, 5) is 41.6. The molecule has 4 rings (SSSR count). The Bertz CT molecular complexity index is 1310. The van der Waals surface area contributed by atoms with Gasteiger partial charge in [-0.25, -0.2) is 0 Å². The molecule has 7 nitrogen and oxygen atoms in total. The largest absolute Gasteiger partial charge is 0.489 e. The average Bonchev–Trinajstić information content (AvgIpc) is 2.93. The van der Waals surface area contributed by atoms with Crippen molar-refractivity contribution in [1.82, 2.24) is 9.80 Å². The summed E-state index contributed by atoms with van der Waals surface area (Å²) in [6.45, 7) is 5.57. The fraction of sp³-hybridized carbons (Fsp3) is 0.250.